The van der Waals surface area contributed by atoms with Crippen LogP contribution in [0.5, 0.6) is 11.5 Å². The number of nitrogens with one attached hydrogen (secondary N) is 1. The number of hydrogen-bond acceptors (Lipinski definition) is 8. The second-order valence-corrected chi connectivity index (χ2v) is 8.26. The fourth-order valence-corrected chi connectivity index (χ4v) is 4.04. The van der Waals surface area contributed by atoms with Crippen LogP contribution >= 0.6 is 23.1 Å². The number of methoxy groups -OCH3 is 1. The smallest absolute Gasteiger partial charge is 0.262 e. The van der Waals surface area contributed by atoms with Gasteiger partial charge in [0.1, 0.15) is 5.01 Å². The summed E-state index contributed by atoms with van der Waals surface area (Å²) in [7, 11) is 1.54. The summed E-state index contributed by atoms with van der Waals surface area (Å²) >= 11 is 3.09. The molecule has 0 unspecified atom stereocenters. The Bertz CT molecular complexity index is 962. The fraction of sp³-hybridized carbons (Fsp3) is 0.263. The molecule has 1 amide bonds. The Kier molecular flexibility index (Phi) is 6.83. The standard InChI is InChI=1S/C19H20N4O3S2/c1-12-6-4-5-7-15(12)21-18(24)10-26-16-8-14(20-9-17(16)25-3)11-27-19-23-22-13(2)28-19/h4-9H,10-11H2,1-3H3,(H,21,24). The second kappa shape index (κ2) is 9.52. The molecule has 0 spiro atoms. The van der Waals surface area contributed by atoms with Crippen LogP contribution in [0.25, 0.3) is 0 Å². The molecule has 0 aliphatic rings. The number of ether oxygens (including phenoxy) is 2. The summed E-state index contributed by atoms with van der Waals surface area (Å²) in [6.07, 6.45) is 1.59. The molecule has 7 nitrogen and oxygen atoms in total. The van der Waals surface area contributed by atoms with Gasteiger partial charge in [-0.25, -0.2) is 0 Å². The summed E-state index contributed by atoms with van der Waals surface area (Å²) in [5, 5.41) is 11.9. The molecular weight excluding hydrogens is 396 g/mol. The number of aromatic nitrogens is 3. The molecule has 1 N–H and O–H groups in total. The Balaban J connectivity index is 1.61. The van der Waals surface area contributed by atoms with Crippen molar-refractivity contribution in [1.29, 1.82) is 0 Å². The highest BCUT2D eigenvalue weighted by Gasteiger charge is 2.12. The van der Waals surface area contributed by atoms with E-state index >= 15 is 0 Å². The Morgan fingerprint density at radius 1 is 1.21 bits per heavy atom. The molecule has 3 rings (SSSR count). The monoisotopic (exact) mass is 416 g/mol. The van der Waals surface area contributed by atoms with E-state index in [4.69, 9.17) is 9.47 Å². The van der Waals surface area contributed by atoms with Crippen LogP contribution in [0.1, 0.15) is 16.3 Å². The number of para-hydroxylation sites is 1. The predicted octanol–water partition coefficient (Wildman–Crippen LogP) is 3.87. The SMILES string of the molecule is COc1cnc(CSc2nnc(C)s2)cc1OCC(=O)Nc1ccccc1C. The van der Waals surface area contributed by atoms with Gasteiger partial charge in [-0.3, -0.25) is 9.78 Å². The number of carbonyl (C=O) groups excluding carboxylic acids is 1. The molecule has 2 aromatic heterocycles. The zero-order valence-corrected chi connectivity index (χ0v) is 17.4. The van der Waals surface area contributed by atoms with Crippen molar-refractivity contribution >= 4 is 34.7 Å². The lowest BCUT2D eigenvalue weighted by Crippen LogP contribution is -2.20. The molecule has 0 aliphatic heterocycles. The fourth-order valence-electron chi connectivity index (χ4n) is 2.33. The lowest BCUT2D eigenvalue weighted by molar-refractivity contribution is -0.118. The lowest BCUT2D eigenvalue weighted by Gasteiger charge is -2.12. The molecule has 0 aliphatic carbocycles. The van der Waals surface area contributed by atoms with E-state index in [1.54, 1.807) is 24.0 Å². The maximum atomic E-state index is 12.2. The van der Waals surface area contributed by atoms with E-state index in [1.165, 1.54) is 18.4 Å². The lowest BCUT2D eigenvalue weighted by atomic mass is 10.2. The molecule has 0 saturated heterocycles. The first-order chi connectivity index (χ1) is 13.5. The van der Waals surface area contributed by atoms with Crippen molar-refractivity contribution in [3.63, 3.8) is 0 Å². The van der Waals surface area contributed by atoms with Crippen LogP contribution in [-0.4, -0.2) is 34.8 Å². The van der Waals surface area contributed by atoms with Crippen molar-refractivity contribution in [3.8, 4) is 11.5 Å². The Morgan fingerprint density at radius 2 is 2.04 bits per heavy atom. The van der Waals surface area contributed by atoms with Crippen molar-refractivity contribution in [2.75, 3.05) is 19.0 Å². The summed E-state index contributed by atoms with van der Waals surface area (Å²) in [6.45, 7) is 3.73. The van der Waals surface area contributed by atoms with Crippen molar-refractivity contribution < 1.29 is 14.3 Å². The molecule has 146 valence electrons. The Labute approximate surface area is 171 Å². The van der Waals surface area contributed by atoms with Crippen molar-refractivity contribution in [1.82, 2.24) is 15.2 Å². The molecule has 0 saturated carbocycles. The average molecular weight is 417 g/mol. The van der Waals surface area contributed by atoms with Gasteiger partial charge in [-0.15, -0.1) is 10.2 Å². The van der Waals surface area contributed by atoms with E-state index in [-0.39, 0.29) is 12.5 Å². The minimum atomic E-state index is -0.242. The highest BCUT2D eigenvalue weighted by atomic mass is 32.2. The van der Waals surface area contributed by atoms with Crippen molar-refractivity contribution in [2.45, 2.75) is 23.9 Å². The van der Waals surface area contributed by atoms with Crippen LogP contribution in [0, 0.1) is 13.8 Å². The zero-order valence-electron chi connectivity index (χ0n) is 15.8. The number of nitrogens with zero attached hydrogens (tertiary/aromatic N) is 3. The van der Waals surface area contributed by atoms with Crippen LogP contribution in [-0.2, 0) is 10.5 Å². The van der Waals surface area contributed by atoms with E-state index in [0.717, 1.165) is 26.3 Å². The molecule has 0 bridgehead atoms. The second-order valence-electron chi connectivity index (χ2n) is 5.85. The van der Waals surface area contributed by atoms with E-state index < -0.39 is 0 Å². The number of thioether (sulfide) groups is 1. The molecule has 1 aromatic carbocycles. The number of amides is 1. The third-order valence-electron chi connectivity index (χ3n) is 3.74. The number of aryl methyl sites for hydroxylation is 2. The molecule has 3 aromatic rings. The number of pyridine rings is 1. The maximum Gasteiger partial charge on any atom is 0.262 e. The van der Waals surface area contributed by atoms with Gasteiger partial charge >= 0.3 is 0 Å². The summed E-state index contributed by atoms with van der Waals surface area (Å²) in [5.74, 6) is 1.32. The predicted molar refractivity (Wildman–Crippen MR) is 110 cm³/mol. The Morgan fingerprint density at radius 3 is 2.75 bits per heavy atom. The van der Waals surface area contributed by atoms with Crippen LogP contribution in [0.3, 0.4) is 0 Å². The van der Waals surface area contributed by atoms with Gasteiger partial charge in [0.2, 0.25) is 0 Å². The third-order valence-corrected chi connectivity index (χ3v) is 5.74. The average Bonchev–Trinajstić information content (AvgIpc) is 3.12. The number of hydrogen-bond donors (Lipinski definition) is 1. The van der Waals surface area contributed by atoms with E-state index in [9.17, 15) is 4.79 Å². The largest absolute Gasteiger partial charge is 0.491 e. The van der Waals surface area contributed by atoms with Crippen LogP contribution in [0.15, 0.2) is 40.9 Å². The summed E-state index contributed by atoms with van der Waals surface area (Å²) in [4.78, 5) is 16.6. The minimum absolute atomic E-state index is 0.128. The van der Waals surface area contributed by atoms with Crippen LogP contribution in [0.4, 0.5) is 5.69 Å². The molecule has 0 radical (unpaired) electrons. The topological polar surface area (TPSA) is 86.2 Å². The Hall–Kier alpha value is -2.65. The van der Waals surface area contributed by atoms with Crippen molar-refractivity contribution in [3.05, 3.63) is 52.8 Å². The van der Waals surface area contributed by atoms with Gasteiger partial charge < -0.3 is 14.8 Å². The maximum absolute atomic E-state index is 12.2. The van der Waals surface area contributed by atoms with Crippen LogP contribution in [0.2, 0.25) is 0 Å². The first-order valence-electron chi connectivity index (χ1n) is 8.49. The molecule has 9 heteroatoms. The van der Waals surface area contributed by atoms with Crippen LogP contribution < -0.4 is 14.8 Å². The van der Waals surface area contributed by atoms with Crippen molar-refractivity contribution in [2.24, 2.45) is 0 Å². The van der Waals surface area contributed by atoms with Gasteiger partial charge in [-0.1, -0.05) is 41.3 Å². The van der Waals surface area contributed by atoms with Gasteiger partial charge in [0, 0.05) is 17.5 Å². The van der Waals surface area contributed by atoms with Gasteiger partial charge in [0.25, 0.3) is 5.91 Å². The number of rotatable bonds is 8. The summed E-state index contributed by atoms with van der Waals surface area (Å²) in [6, 6.07) is 9.36. The summed E-state index contributed by atoms with van der Waals surface area (Å²) in [5.41, 5.74) is 2.55. The van der Waals surface area contributed by atoms with Gasteiger partial charge in [0.15, 0.2) is 22.4 Å². The zero-order chi connectivity index (χ0) is 19.9. The van der Waals surface area contributed by atoms with E-state index in [1.807, 2.05) is 38.1 Å². The quantitative estimate of drug-likeness (QED) is 0.558. The first-order valence-corrected chi connectivity index (χ1v) is 10.3. The summed E-state index contributed by atoms with van der Waals surface area (Å²) < 4.78 is 11.9. The number of anilines is 1. The van der Waals surface area contributed by atoms with Gasteiger partial charge in [-0.05, 0) is 25.5 Å². The molecule has 0 atom stereocenters. The number of carbonyl (C=O) groups is 1. The highest BCUT2D eigenvalue weighted by Crippen LogP contribution is 2.30. The van der Waals surface area contributed by atoms with E-state index in [0.29, 0.717) is 17.3 Å². The third kappa shape index (κ3) is 5.43. The normalized spacial score (nSPS) is 10.5. The molecule has 28 heavy (non-hydrogen) atoms. The first kappa shape index (κ1) is 20.1. The molecule has 2 heterocycles. The van der Waals surface area contributed by atoms with Gasteiger partial charge in [0.05, 0.1) is 19.0 Å². The highest BCUT2D eigenvalue weighted by molar-refractivity contribution is 8.00. The minimum Gasteiger partial charge on any atom is -0.491 e. The molecular formula is C19H20N4O3S2. The molecule has 0 fully saturated rings. The van der Waals surface area contributed by atoms with Gasteiger partial charge in [-0.2, -0.15) is 0 Å². The van der Waals surface area contributed by atoms with E-state index in [2.05, 4.69) is 20.5 Å². The number of benzene rings is 1.